The summed E-state index contributed by atoms with van der Waals surface area (Å²) in [6.45, 7) is 5.17. The van der Waals surface area contributed by atoms with E-state index < -0.39 is 0 Å². The molecule has 12 aromatic rings. The Morgan fingerprint density at radius 3 is 1.25 bits per heavy atom. The van der Waals surface area contributed by atoms with Crippen molar-refractivity contribution in [1.82, 2.24) is 99.8 Å². The molecule has 0 spiro atoms. The molecule has 0 aliphatic rings. The fraction of sp³-hybridized carbons (Fsp3) is 0.238. The molecule has 12 N–H and O–H groups in total. The molecule has 8 heterocycles. The summed E-state index contributed by atoms with van der Waals surface area (Å²) in [5, 5.41) is 33.4. The van der Waals surface area contributed by atoms with E-state index in [1.807, 2.05) is 104 Å². The summed E-state index contributed by atoms with van der Waals surface area (Å²) >= 11 is 0. The number of aryl methyl sites for hydroxylation is 10. The molecule has 4 aromatic carbocycles. The van der Waals surface area contributed by atoms with Gasteiger partial charge in [0.2, 0.25) is 0 Å². The van der Waals surface area contributed by atoms with Crippen LogP contribution in [0.5, 0.6) is 0 Å². The molecule has 87 heavy (non-hydrogen) atoms. The summed E-state index contributed by atoms with van der Waals surface area (Å²) in [4.78, 5) is 28.0. The molecule has 0 saturated carbocycles. The molecule has 0 aliphatic heterocycles. The maximum Gasteiger partial charge on any atom is 0.197 e. The lowest BCUT2D eigenvalue weighted by Crippen LogP contribution is -2.00. The number of nitrogens with zero attached hydrogens (tertiary/aromatic N) is 16. The van der Waals surface area contributed by atoms with E-state index in [1.165, 1.54) is 27.8 Å². The first-order valence-corrected chi connectivity index (χ1v) is 28.8. The Labute approximate surface area is 504 Å². The van der Waals surface area contributed by atoms with Crippen molar-refractivity contribution >= 4 is 35.9 Å². The van der Waals surface area contributed by atoms with Crippen LogP contribution in [-0.4, -0.2) is 99.8 Å². The van der Waals surface area contributed by atoms with Gasteiger partial charge in [0.15, 0.2) is 23.8 Å². The third-order valence-electron chi connectivity index (χ3n) is 13.4. The maximum atomic E-state index is 5.56. The van der Waals surface area contributed by atoms with E-state index in [4.69, 9.17) is 22.9 Å². The minimum atomic E-state index is 0.449. The van der Waals surface area contributed by atoms with E-state index in [2.05, 4.69) is 167 Å². The number of aromatic nitrogens is 20. The minimum Gasteiger partial charge on any atom is -0.369 e. The van der Waals surface area contributed by atoms with Crippen LogP contribution in [0.1, 0.15) is 81.1 Å². The van der Waals surface area contributed by atoms with Gasteiger partial charge in [0.25, 0.3) is 0 Å². The van der Waals surface area contributed by atoms with Gasteiger partial charge in [0.1, 0.15) is 0 Å². The summed E-state index contributed by atoms with van der Waals surface area (Å²) in [5.74, 6) is 1.81. The SMILES string of the molecule is C/C(=C\c1ccccc1)Cn1cc(CCc2cnc(N)[nH]2)nn1.Nc1ncc(CCc2cn(C/C=C/c3ccccc3)nn2)[nH]1.Nc1ncc(CCc2cn(CCCc3ccccc3)nn2)[nH]1.Nc1ncc(CCc2cn(Cc3ccccc3)nn2)[nH]1. The summed E-state index contributed by atoms with van der Waals surface area (Å²) < 4.78 is 7.47. The van der Waals surface area contributed by atoms with Crippen LogP contribution in [0.2, 0.25) is 0 Å². The number of H-pyrrole nitrogens is 4. The Hall–Kier alpha value is -11.0. The third kappa shape index (κ3) is 21.3. The molecule has 446 valence electrons. The van der Waals surface area contributed by atoms with Crippen LogP contribution in [0.3, 0.4) is 0 Å². The number of rotatable bonds is 24. The minimum absolute atomic E-state index is 0.449. The zero-order valence-corrected chi connectivity index (χ0v) is 48.8. The first-order chi connectivity index (χ1) is 42.6. The van der Waals surface area contributed by atoms with Gasteiger partial charge in [-0.15, -0.1) is 20.4 Å². The number of aromatic amines is 4. The van der Waals surface area contributed by atoms with Gasteiger partial charge in [0.05, 0.1) is 67.2 Å². The topological polar surface area (TPSA) is 342 Å². The van der Waals surface area contributed by atoms with E-state index in [0.717, 1.165) is 129 Å². The van der Waals surface area contributed by atoms with Crippen molar-refractivity contribution in [3.63, 3.8) is 0 Å². The van der Waals surface area contributed by atoms with Crippen molar-refractivity contribution in [2.75, 3.05) is 22.9 Å². The number of nitrogens with one attached hydrogen (secondary N) is 4. The summed E-state index contributed by atoms with van der Waals surface area (Å²) in [6.07, 6.45) is 30.0. The predicted molar refractivity (Wildman–Crippen MR) is 338 cm³/mol. The average Bonchev–Trinajstić information content (AvgIpc) is 4.47. The van der Waals surface area contributed by atoms with Gasteiger partial charge in [-0.1, -0.05) is 166 Å². The number of imidazole rings is 4. The molecule has 24 heteroatoms. The Balaban J connectivity index is 0.000000138. The van der Waals surface area contributed by atoms with Crippen molar-refractivity contribution in [3.05, 3.63) is 250 Å². The molecule has 0 atom stereocenters. The second-order valence-corrected chi connectivity index (χ2v) is 20.7. The van der Waals surface area contributed by atoms with Crippen molar-refractivity contribution < 1.29 is 0 Å². The molecule has 24 nitrogen and oxygen atoms in total. The number of allylic oxidation sites excluding steroid dienone is 2. The second-order valence-electron chi connectivity index (χ2n) is 20.7. The van der Waals surface area contributed by atoms with Crippen LogP contribution in [0, 0.1) is 0 Å². The van der Waals surface area contributed by atoms with Gasteiger partial charge >= 0.3 is 0 Å². The molecule has 0 radical (unpaired) electrons. The number of anilines is 4. The standard InChI is InChI=1S/C17H20N6.C16H20N6.C16H18N6.C14H16N6/c1-13(9-14-5-3-2-4-6-14)11-23-12-16(21-22-23)8-7-15-10-19-17(18)20-15;2*17-16-18-11-14(19-16)8-9-15-12-22(21-20-15)10-4-7-13-5-2-1-3-6-13;15-14-16-8-12(17-14)6-7-13-10-20(19-18-13)9-11-4-2-1-3-5-11/h2-6,9-10,12H,7-8,11H2,1H3,(H3,18,19,20);1-3,5-6,11-12H,4,7-10H2,(H3,17,18,19);1-7,11-12H,8-10H2,(H3,17,18,19);1-5,8,10H,6-7,9H2,(H3,15,16,17)/b13-9+;;7-4+;. The van der Waals surface area contributed by atoms with Gasteiger partial charge in [-0.05, 0) is 93.4 Å². The van der Waals surface area contributed by atoms with Gasteiger partial charge in [-0.3, -0.25) is 4.68 Å². The van der Waals surface area contributed by atoms with E-state index in [1.54, 1.807) is 24.8 Å². The quantitative estimate of drug-likeness (QED) is 0.0284. The molecular formula is C63H74N24. The number of benzene rings is 4. The highest BCUT2D eigenvalue weighted by molar-refractivity contribution is 5.52. The molecule has 0 saturated heterocycles. The monoisotopic (exact) mass is 1170 g/mol. The van der Waals surface area contributed by atoms with Crippen LogP contribution >= 0.6 is 0 Å². The van der Waals surface area contributed by atoms with Gasteiger partial charge < -0.3 is 42.9 Å². The third-order valence-corrected chi connectivity index (χ3v) is 13.4. The number of nitrogen functional groups attached to an aromatic ring is 4. The summed E-state index contributed by atoms with van der Waals surface area (Å²) in [6, 6.07) is 41.2. The normalized spacial score (nSPS) is 11.2. The number of hydrogen-bond donors (Lipinski definition) is 8. The molecule has 0 fully saturated rings. The Bertz CT molecular complexity index is 3910. The van der Waals surface area contributed by atoms with E-state index in [9.17, 15) is 0 Å². The first-order valence-electron chi connectivity index (χ1n) is 28.8. The largest absolute Gasteiger partial charge is 0.369 e. The van der Waals surface area contributed by atoms with E-state index in [-0.39, 0.29) is 0 Å². The Morgan fingerprint density at radius 2 is 0.793 bits per heavy atom. The highest BCUT2D eigenvalue weighted by Crippen LogP contribution is 2.12. The molecule has 0 amide bonds. The molecule has 0 aliphatic carbocycles. The molecule has 8 aromatic heterocycles. The predicted octanol–water partition coefficient (Wildman–Crippen LogP) is 7.97. The second kappa shape index (κ2) is 32.1. The van der Waals surface area contributed by atoms with Crippen molar-refractivity contribution in [1.29, 1.82) is 0 Å². The molecule has 0 bridgehead atoms. The van der Waals surface area contributed by atoms with Gasteiger partial charge in [0, 0.05) is 54.1 Å². The van der Waals surface area contributed by atoms with Gasteiger partial charge in [-0.25, -0.2) is 34.0 Å². The molecular weight excluding hydrogens is 1090 g/mol. The van der Waals surface area contributed by atoms with Crippen LogP contribution in [0.25, 0.3) is 12.2 Å². The smallest absolute Gasteiger partial charge is 0.197 e. The molecule has 12 rings (SSSR count). The maximum absolute atomic E-state index is 5.56. The lowest BCUT2D eigenvalue weighted by atomic mass is 10.1. The lowest BCUT2D eigenvalue weighted by molar-refractivity contribution is 0.558. The highest BCUT2D eigenvalue weighted by Gasteiger charge is 2.08. The zero-order valence-electron chi connectivity index (χ0n) is 48.8. The number of nitrogens with two attached hydrogens (primary N) is 4. The lowest BCUT2D eigenvalue weighted by Gasteiger charge is -2.01. The molecule has 0 unspecified atom stereocenters. The average molecular weight is 1170 g/mol. The van der Waals surface area contributed by atoms with E-state index >= 15 is 0 Å². The van der Waals surface area contributed by atoms with E-state index in [0.29, 0.717) is 30.3 Å². The van der Waals surface area contributed by atoms with Crippen LogP contribution in [0.15, 0.2) is 183 Å². The highest BCUT2D eigenvalue weighted by atomic mass is 15.4. The van der Waals surface area contributed by atoms with Crippen LogP contribution < -0.4 is 22.9 Å². The van der Waals surface area contributed by atoms with Crippen LogP contribution in [-0.2, 0) is 84.0 Å². The van der Waals surface area contributed by atoms with Crippen molar-refractivity contribution in [2.45, 2.75) is 97.3 Å². The fourth-order valence-corrected chi connectivity index (χ4v) is 9.09. The van der Waals surface area contributed by atoms with Crippen molar-refractivity contribution in [2.24, 2.45) is 0 Å². The van der Waals surface area contributed by atoms with Crippen molar-refractivity contribution in [3.8, 4) is 0 Å². The first kappa shape index (κ1) is 60.5. The summed E-state index contributed by atoms with van der Waals surface area (Å²) in [5.41, 5.74) is 36.3. The fourth-order valence-electron chi connectivity index (χ4n) is 9.09. The number of hydrogen-bond acceptors (Lipinski definition) is 16. The Morgan fingerprint density at radius 1 is 0.414 bits per heavy atom. The zero-order chi connectivity index (χ0) is 60.3. The Kier molecular flexibility index (Phi) is 22.4. The van der Waals surface area contributed by atoms with Gasteiger partial charge in [-0.2, -0.15) is 0 Å². The summed E-state index contributed by atoms with van der Waals surface area (Å²) in [7, 11) is 0. The van der Waals surface area contributed by atoms with Crippen LogP contribution in [0.4, 0.5) is 23.8 Å².